The summed E-state index contributed by atoms with van der Waals surface area (Å²) in [6.45, 7) is 1.55. The number of pyridine rings is 1. The van der Waals surface area contributed by atoms with Gasteiger partial charge in [0.05, 0.1) is 5.70 Å². The summed E-state index contributed by atoms with van der Waals surface area (Å²) >= 11 is 0. The van der Waals surface area contributed by atoms with Crippen LogP contribution in [0.5, 0.6) is 0 Å². The number of alkyl halides is 2. The van der Waals surface area contributed by atoms with Crippen LogP contribution in [0.1, 0.15) is 30.4 Å². The number of likely N-dealkylation sites (tertiary alicyclic amines) is 1. The van der Waals surface area contributed by atoms with Crippen LogP contribution in [0.25, 0.3) is 5.57 Å². The normalized spacial score (nSPS) is 21.3. The predicted molar refractivity (Wildman–Crippen MR) is 127 cm³/mol. The second-order valence-electron chi connectivity index (χ2n) is 8.45. The summed E-state index contributed by atoms with van der Waals surface area (Å²) in [5.74, 6) is -0.961. The smallest absolute Gasteiger partial charge is 0.272 e. The number of dihydropyridines is 1. The lowest BCUT2D eigenvalue weighted by molar-refractivity contribution is -0.114. The number of carbonyl (C=O) groups excluding carboxylic acids is 1. The first-order valence-electron chi connectivity index (χ1n) is 11.2. The molecular weight excluding hydrogens is 457 g/mol. The Bertz CT molecular complexity index is 1180. The SMILES string of the molecule is C#C/C(=C\C=C1/CC(C(=O)NC2=CNCC=C2F)=NN1)c1cncc(CN2CCC(F)(F)CC2)c1. The number of halogens is 3. The minimum atomic E-state index is -2.58. The average Bonchev–Trinajstić information content (AvgIpc) is 3.32. The molecule has 3 aliphatic rings. The van der Waals surface area contributed by atoms with Crippen molar-refractivity contribution in [2.45, 2.75) is 31.7 Å². The van der Waals surface area contributed by atoms with Crippen LogP contribution in [-0.2, 0) is 11.3 Å². The third-order valence-corrected chi connectivity index (χ3v) is 5.81. The largest absolute Gasteiger partial charge is 0.386 e. The van der Waals surface area contributed by atoms with Crippen LogP contribution in [-0.4, -0.2) is 47.1 Å². The Morgan fingerprint density at radius 1 is 1.31 bits per heavy atom. The molecular formula is C25H25F3N6O. The lowest BCUT2D eigenvalue weighted by Gasteiger charge is -2.31. The molecule has 7 nitrogen and oxygen atoms in total. The van der Waals surface area contributed by atoms with Gasteiger partial charge in [-0.25, -0.2) is 13.2 Å². The second-order valence-corrected chi connectivity index (χ2v) is 8.45. The molecule has 0 unspecified atom stereocenters. The third-order valence-electron chi connectivity index (χ3n) is 5.81. The molecule has 0 atom stereocenters. The van der Waals surface area contributed by atoms with Crippen LogP contribution < -0.4 is 16.1 Å². The van der Waals surface area contributed by atoms with Gasteiger partial charge in [0.25, 0.3) is 11.8 Å². The van der Waals surface area contributed by atoms with E-state index in [1.54, 1.807) is 24.5 Å². The van der Waals surface area contributed by atoms with E-state index in [1.165, 1.54) is 12.3 Å². The molecule has 0 bridgehead atoms. The summed E-state index contributed by atoms with van der Waals surface area (Å²) in [6, 6.07) is 1.90. The zero-order valence-corrected chi connectivity index (χ0v) is 19.0. The van der Waals surface area contributed by atoms with Crippen LogP contribution >= 0.6 is 0 Å². The zero-order chi connectivity index (χ0) is 24.8. The Hall–Kier alpha value is -3.84. The molecule has 1 aromatic heterocycles. The summed E-state index contributed by atoms with van der Waals surface area (Å²) in [6.07, 6.45) is 15.2. The Balaban J connectivity index is 1.37. The maximum Gasteiger partial charge on any atom is 0.272 e. The molecule has 0 saturated carbocycles. The molecule has 0 aliphatic carbocycles. The Morgan fingerprint density at radius 2 is 2.11 bits per heavy atom. The summed E-state index contributed by atoms with van der Waals surface area (Å²) < 4.78 is 40.6. The number of rotatable bonds is 6. The van der Waals surface area contributed by atoms with E-state index < -0.39 is 17.7 Å². The molecule has 10 heteroatoms. The summed E-state index contributed by atoms with van der Waals surface area (Å²) in [4.78, 5) is 18.6. The summed E-state index contributed by atoms with van der Waals surface area (Å²) in [7, 11) is 0. The lowest BCUT2D eigenvalue weighted by Crippen LogP contribution is -2.38. The number of carbonyl (C=O) groups is 1. The Labute approximate surface area is 201 Å². The number of hydrazone groups is 1. The van der Waals surface area contributed by atoms with E-state index in [9.17, 15) is 18.0 Å². The van der Waals surface area contributed by atoms with Gasteiger partial charge in [-0.05, 0) is 29.9 Å². The predicted octanol–water partition coefficient (Wildman–Crippen LogP) is 2.98. The van der Waals surface area contributed by atoms with Crippen molar-refractivity contribution in [3.8, 4) is 12.3 Å². The third kappa shape index (κ3) is 6.39. The van der Waals surface area contributed by atoms with Crippen molar-refractivity contribution in [3.05, 3.63) is 71.2 Å². The number of piperidine rings is 1. The molecule has 0 aromatic carbocycles. The molecule has 0 radical (unpaired) electrons. The van der Waals surface area contributed by atoms with Gasteiger partial charge in [-0.3, -0.25) is 20.1 Å². The van der Waals surface area contributed by atoms with Gasteiger partial charge in [0, 0.05) is 80.9 Å². The quantitative estimate of drug-likeness (QED) is 0.544. The zero-order valence-electron chi connectivity index (χ0n) is 19.0. The molecule has 35 heavy (non-hydrogen) atoms. The highest BCUT2D eigenvalue weighted by Crippen LogP contribution is 2.28. The van der Waals surface area contributed by atoms with Crippen molar-refractivity contribution in [1.82, 2.24) is 25.9 Å². The topological polar surface area (TPSA) is 81.6 Å². The molecule has 1 fully saturated rings. The highest BCUT2D eigenvalue weighted by molar-refractivity contribution is 6.40. The van der Waals surface area contributed by atoms with E-state index in [-0.39, 0.29) is 30.7 Å². The van der Waals surface area contributed by atoms with Gasteiger partial charge >= 0.3 is 0 Å². The molecule has 4 heterocycles. The number of nitrogens with zero attached hydrogens (tertiary/aromatic N) is 3. The number of allylic oxidation sites excluding steroid dienone is 5. The first-order valence-corrected chi connectivity index (χ1v) is 11.2. The standard InChI is InChI=1S/C25H25F3N6O/c1-2-18(19-11-17(13-30-14-19)16-34-9-6-25(27,28)7-10-34)3-4-20-12-22(33-32-20)24(35)31-23-15-29-8-5-21(23)26/h1,3-5,11,13-15,29,32H,6-10,12,16H2,(H,31,35)/b18-3+,20-4+. The molecule has 4 rings (SSSR count). The van der Waals surface area contributed by atoms with Crippen molar-refractivity contribution in [3.63, 3.8) is 0 Å². The van der Waals surface area contributed by atoms with E-state index >= 15 is 0 Å². The van der Waals surface area contributed by atoms with E-state index in [4.69, 9.17) is 6.42 Å². The Kier molecular flexibility index (Phi) is 7.36. The first kappa shape index (κ1) is 24.3. The van der Waals surface area contributed by atoms with Crippen molar-refractivity contribution in [2.75, 3.05) is 19.6 Å². The number of aromatic nitrogens is 1. The molecule has 1 aromatic rings. The number of terminal acetylenes is 1. The molecule has 182 valence electrons. The van der Waals surface area contributed by atoms with E-state index in [0.29, 0.717) is 37.4 Å². The summed E-state index contributed by atoms with van der Waals surface area (Å²) in [5.41, 5.74) is 5.88. The fourth-order valence-electron chi connectivity index (χ4n) is 3.83. The summed E-state index contributed by atoms with van der Waals surface area (Å²) in [5, 5.41) is 9.34. The van der Waals surface area contributed by atoms with Crippen molar-refractivity contribution < 1.29 is 18.0 Å². The maximum atomic E-state index is 13.8. The number of amides is 1. The van der Waals surface area contributed by atoms with Gasteiger partial charge in [0.15, 0.2) is 0 Å². The number of hydrogen-bond donors (Lipinski definition) is 3. The van der Waals surface area contributed by atoms with E-state index in [2.05, 4.69) is 32.1 Å². The average molecular weight is 483 g/mol. The fourth-order valence-corrected chi connectivity index (χ4v) is 3.83. The molecule has 1 amide bonds. The highest BCUT2D eigenvalue weighted by atomic mass is 19.3. The molecule has 0 spiro atoms. The lowest BCUT2D eigenvalue weighted by atomic mass is 10.0. The minimum Gasteiger partial charge on any atom is -0.386 e. The first-order chi connectivity index (χ1) is 16.8. The van der Waals surface area contributed by atoms with E-state index in [0.717, 1.165) is 11.1 Å². The van der Waals surface area contributed by atoms with Crippen LogP contribution in [0, 0.1) is 12.3 Å². The maximum absolute atomic E-state index is 13.8. The van der Waals surface area contributed by atoms with Gasteiger partial charge in [-0.2, -0.15) is 5.10 Å². The molecule has 3 N–H and O–H groups in total. The van der Waals surface area contributed by atoms with Crippen LogP contribution in [0.2, 0.25) is 0 Å². The Morgan fingerprint density at radius 3 is 2.86 bits per heavy atom. The van der Waals surface area contributed by atoms with Gasteiger partial charge in [-0.15, -0.1) is 6.42 Å². The molecule has 3 aliphatic heterocycles. The van der Waals surface area contributed by atoms with Gasteiger partial charge in [-0.1, -0.05) is 5.92 Å². The van der Waals surface area contributed by atoms with Crippen molar-refractivity contribution >= 4 is 17.2 Å². The van der Waals surface area contributed by atoms with Gasteiger partial charge in [0.1, 0.15) is 11.5 Å². The van der Waals surface area contributed by atoms with Crippen LogP contribution in [0.3, 0.4) is 0 Å². The monoisotopic (exact) mass is 482 g/mol. The molecule has 1 saturated heterocycles. The van der Waals surface area contributed by atoms with Crippen molar-refractivity contribution in [2.24, 2.45) is 5.10 Å². The van der Waals surface area contributed by atoms with Crippen LogP contribution in [0.15, 0.2) is 65.2 Å². The number of hydrogen-bond acceptors (Lipinski definition) is 6. The van der Waals surface area contributed by atoms with E-state index in [1.807, 2.05) is 11.0 Å². The van der Waals surface area contributed by atoms with Crippen molar-refractivity contribution in [1.29, 1.82) is 0 Å². The fraction of sp³-hybridized carbons (Fsp3) is 0.320. The minimum absolute atomic E-state index is 0.0570. The number of nitrogens with one attached hydrogen (secondary N) is 3. The van der Waals surface area contributed by atoms with Crippen LogP contribution in [0.4, 0.5) is 13.2 Å². The second kappa shape index (κ2) is 10.6. The highest BCUT2D eigenvalue weighted by Gasteiger charge is 2.33. The van der Waals surface area contributed by atoms with Gasteiger partial charge in [0.2, 0.25) is 0 Å². The van der Waals surface area contributed by atoms with Gasteiger partial charge < -0.3 is 10.6 Å².